The quantitative estimate of drug-likeness (QED) is 0.440. The summed E-state index contributed by atoms with van der Waals surface area (Å²) in [5.74, 6) is -0.843. The summed E-state index contributed by atoms with van der Waals surface area (Å²) in [5, 5.41) is 0. The van der Waals surface area contributed by atoms with Gasteiger partial charge in [0.25, 0.3) is 0 Å². The predicted molar refractivity (Wildman–Crippen MR) is 49.0 cm³/mol. The van der Waals surface area contributed by atoms with Gasteiger partial charge in [-0.3, -0.25) is 9.59 Å². The molecule has 13 heavy (non-hydrogen) atoms. The smallest absolute Gasteiger partial charge is 0.312 e. The fourth-order valence-corrected chi connectivity index (χ4v) is 1.25. The molecule has 1 saturated heterocycles. The summed E-state index contributed by atoms with van der Waals surface area (Å²) >= 11 is 0. The van der Waals surface area contributed by atoms with Crippen molar-refractivity contribution in [1.29, 1.82) is 0 Å². The molecule has 0 N–H and O–H groups in total. The highest BCUT2D eigenvalue weighted by molar-refractivity contribution is 6.35. The summed E-state index contributed by atoms with van der Waals surface area (Å²) < 4.78 is 0. The zero-order valence-electron chi connectivity index (χ0n) is 8.04. The van der Waals surface area contributed by atoms with E-state index in [1.54, 1.807) is 7.05 Å². The Balaban J connectivity index is 2.64. The summed E-state index contributed by atoms with van der Waals surface area (Å²) in [5.41, 5.74) is 0.894. The van der Waals surface area contributed by atoms with Crippen molar-refractivity contribution in [2.24, 2.45) is 0 Å². The molecular formula is C9H14N2O2. The first-order valence-corrected chi connectivity index (χ1v) is 4.21. The Morgan fingerprint density at radius 2 is 2.00 bits per heavy atom. The second-order valence-corrected chi connectivity index (χ2v) is 3.41. The van der Waals surface area contributed by atoms with Crippen molar-refractivity contribution >= 4 is 11.8 Å². The molecule has 0 unspecified atom stereocenters. The van der Waals surface area contributed by atoms with E-state index in [2.05, 4.69) is 6.58 Å². The number of likely N-dealkylation sites (N-methyl/N-ethyl adjacent to an activating group) is 1. The number of carbonyl (C=O) groups is 2. The van der Waals surface area contributed by atoms with Crippen LogP contribution in [0.15, 0.2) is 12.2 Å². The minimum Gasteiger partial charge on any atom is -0.336 e. The monoisotopic (exact) mass is 182 g/mol. The standard InChI is InChI=1S/C9H14N2O2/c1-7(2)6-11-5-4-10(3)8(12)9(11)13/h1,4-6H2,2-3H3. The van der Waals surface area contributed by atoms with Gasteiger partial charge in [0.1, 0.15) is 0 Å². The molecule has 0 atom stereocenters. The second kappa shape index (κ2) is 3.60. The van der Waals surface area contributed by atoms with Crippen LogP contribution >= 0.6 is 0 Å². The molecule has 0 aromatic rings. The van der Waals surface area contributed by atoms with Crippen LogP contribution in [0.2, 0.25) is 0 Å². The molecule has 0 aliphatic carbocycles. The third-order valence-corrected chi connectivity index (χ3v) is 1.98. The molecule has 72 valence electrons. The van der Waals surface area contributed by atoms with Crippen LogP contribution in [0.25, 0.3) is 0 Å². The SMILES string of the molecule is C=C(C)CN1CCN(C)C(=O)C1=O. The maximum atomic E-state index is 11.4. The number of hydrogen-bond acceptors (Lipinski definition) is 2. The number of carbonyl (C=O) groups excluding carboxylic acids is 2. The van der Waals surface area contributed by atoms with Gasteiger partial charge >= 0.3 is 11.8 Å². The van der Waals surface area contributed by atoms with Crippen LogP contribution in [0.5, 0.6) is 0 Å². The molecule has 2 amide bonds. The third kappa shape index (κ3) is 2.08. The van der Waals surface area contributed by atoms with Crippen LogP contribution in [0, 0.1) is 0 Å². The summed E-state index contributed by atoms with van der Waals surface area (Å²) in [6.07, 6.45) is 0. The van der Waals surface area contributed by atoms with Crippen LogP contribution in [0.1, 0.15) is 6.92 Å². The lowest BCUT2D eigenvalue weighted by Crippen LogP contribution is -2.53. The molecule has 4 nitrogen and oxygen atoms in total. The van der Waals surface area contributed by atoms with Crippen molar-refractivity contribution in [3.63, 3.8) is 0 Å². The molecule has 0 radical (unpaired) electrons. The number of hydrogen-bond donors (Lipinski definition) is 0. The van der Waals surface area contributed by atoms with E-state index in [0.717, 1.165) is 5.57 Å². The summed E-state index contributed by atoms with van der Waals surface area (Å²) in [7, 11) is 1.64. The van der Waals surface area contributed by atoms with Gasteiger partial charge in [-0.15, -0.1) is 0 Å². The Morgan fingerprint density at radius 1 is 1.38 bits per heavy atom. The average Bonchev–Trinajstić information content (AvgIpc) is 2.06. The Morgan fingerprint density at radius 3 is 2.54 bits per heavy atom. The first-order valence-electron chi connectivity index (χ1n) is 4.21. The van der Waals surface area contributed by atoms with Gasteiger partial charge in [0.05, 0.1) is 0 Å². The largest absolute Gasteiger partial charge is 0.336 e. The lowest BCUT2D eigenvalue weighted by molar-refractivity contribution is -0.154. The highest BCUT2D eigenvalue weighted by Crippen LogP contribution is 2.04. The van der Waals surface area contributed by atoms with E-state index >= 15 is 0 Å². The predicted octanol–water partition coefficient (Wildman–Crippen LogP) is -0.137. The lowest BCUT2D eigenvalue weighted by atomic mass is 10.2. The number of amides is 2. The molecule has 0 spiro atoms. The lowest BCUT2D eigenvalue weighted by Gasteiger charge is -2.31. The van der Waals surface area contributed by atoms with E-state index in [0.29, 0.717) is 19.6 Å². The van der Waals surface area contributed by atoms with Crippen LogP contribution in [0.4, 0.5) is 0 Å². The van der Waals surface area contributed by atoms with Gasteiger partial charge in [-0.1, -0.05) is 12.2 Å². The Hall–Kier alpha value is -1.32. The molecule has 0 aromatic heterocycles. The minimum atomic E-state index is -0.424. The molecule has 1 aliphatic heterocycles. The topological polar surface area (TPSA) is 40.6 Å². The molecule has 1 heterocycles. The van der Waals surface area contributed by atoms with Crippen LogP contribution < -0.4 is 0 Å². The highest BCUT2D eigenvalue weighted by atomic mass is 16.2. The molecule has 1 aliphatic rings. The van der Waals surface area contributed by atoms with Gasteiger partial charge < -0.3 is 9.80 Å². The fourth-order valence-electron chi connectivity index (χ4n) is 1.25. The number of rotatable bonds is 2. The first-order chi connectivity index (χ1) is 6.02. The zero-order chi connectivity index (χ0) is 10.0. The van der Waals surface area contributed by atoms with Crippen LogP contribution in [-0.2, 0) is 9.59 Å². The molecule has 0 aromatic carbocycles. The molecule has 1 rings (SSSR count). The van der Waals surface area contributed by atoms with Gasteiger partial charge in [-0.2, -0.15) is 0 Å². The Bertz CT molecular complexity index is 260. The van der Waals surface area contributed by atoms with Crippen molar-refractivity contribution < 1.29 is 9.59 Å². The summed E-state index contributed by atoms with van der Waals surface area (Å²) in [6, 6.07) is 0. The fraction of sp³-hybridized carbons (Fsp3) is 0.556. The number of nitrogens with zero attached hydrogens (tertiary/aromatic N) is 2. The average molecular weight is 182 g/mol. The van der Waals surface area contributed by atoms with E-state index in [1.165, 1.54) is 9.80 Å². The maximum absolute atomic E-state index is 11.4. The van der Waals surface area contributed by atoms with Crippen LogP contribution in [0.3, 0.4) is 0 Å². The molecule has 0 bridgehead atoms. The Labute approximate surface area is 77.8 Å². The second-order valence-electron chi connectivity index (χ2n) is 3.41. The molecular weight excluding hydrogens is 168 g/mol. The van der Waals surface area contributed by atoms with Crippen LogP contribution in [-0.4, -0.2) is 48.3 Å². The van der Waals surface area contributed by atoms with E-state index in [-0.39, 0.29) is 0 Å². The molecule has 4 heteroatoms. The van der Waals surface area contributed by atoms with E-state index < -0.39 is 11.8 Å². The molecule has 0 saturated carbocycles. The van der Waals surface area contributed by atoms with E-state index in [4.69, 9.17) is 0 Å². The highest BCUT2D eigenvalue weighted by Gasteiger charge is 2.29. The van der Waals surface area contributed by atoms with Gasteiger partial charge in [0, 0.05) is 26.7 Å². The van der Waals surface area contributed by atoms with Gasteiger partial charge in [0.15, 0.2) is 0 Å². The van der Waals surface area contributed by atoms with E-state index in [1.807, 2.05) is 6.92 Å². The maximum Gasteiger partial charge on any atom is 0.312 e. The van der Waals surface area contributed by atoms with Crippen molar-refractivity contribution in [1.82, 2.24) is 9.80 Å². The third-order valence-electron chi connectivity index (χ3n) is 1.98. The van der Waals surface area contributed by atoms with Gasteiger partial charge in [-0.05, 0) is 6.92 Å². The summed E-state index contributed by atoms with van der Waals surface area (Å²) in [4.78, 5) is 25.6. The minimum absolute atomic E-state index is 0.420. The summed E-state index contributed by atoms with van der Waals surface area (Å²) in [6.45, 7) is 7.25. The molecule has 1 fully saturated rings. The van der Waals surface area contributed by atoms with Crippen molar-refractivity contribution in [3.05, 3.63) is 12.2 Å². The van der Waals surface area contributed by atoms with Gasteiger partial charge in [0.2, 0.25) is 0 Å². The normalized spacial score (nSPS) is 18.0. The first kappa shape index (κ1) is 9.77. The van der Waals surface area contributed by atoms with Crippen molar-refractivity contribution in [3.8, 4) is 0 Å². The van der Waals surface area contributed by atoms with Gasteiger partial charge in [-0.25, -0.2) is 0 Å². The van der Waals surface area contributed by atoms with Crippen molar-refractivity contribution in [2.75, 3.05) is 26.7 Å². The van der Waals surface area contributed by atoms with Crippen molar-refractivity contribution in [2.45, 2.75) is 6.92 Å². The zero-order valence-corrected chi connectivity index (χ0v) is 8.04. The number of piperazine rings is 1. The van der Waals surface area contributed by atoms with E-state index in [9.17, 15) is 9.59 Å². The Kier molecular flexibility index (Phi) is 2.70.